The molecule has 5 rings (SSSR count). The average Bonchev–Trinajstić information content (AvgIpc) is 3.62. The SMILES string of the molecule is CC(C)(C)OC(=O)/N=C/C1C[C@@H](n2ncc(N3CCC(O)(C(=O)NCc4cc(F)cc(F)c4F)C3=O)n2)CO[C@@H]1c1cc(F)ccc1F. The van der Waals surface area contributed by atoms with Crippen LogP contribution in [0.2, 0.25) is 0 Å². The third-order valence-corrected chi connectivity index (χ3v) is 7.71. The van der Waals surface area contributed by atoms with E-state index in [0.29, 0.717) is 12.1 Å². The summed E-state index contributed by atoms with van der Waals surface area (Å²) >= 11 is 0. The molecule has 256 valence electrons. The van der Waals surface area contributed by atoms with E-state index in [1.165, 1.54) is 17.2 Å². The van der Waals surface area contributed by atoms with E-state index in [2.05, 4.69) is 20.5 Å². The number of carbonyl (C=O) groups is 3. The lowest BCUT2D eigenvalue weighted by atomic mass is 9.88. The molecule has 2 fully saturated rings. The fraction of sp³-hybridized carbons (Fsp3) is 0.419. The molecular formula is C31H31F5N6O6. The van der Waals surface area contributed by atoms with Gasteiger partial charge in [-0.15, -0.1) is 5.10 Å². The Bertz CT molecular complexity index is 1760. The zero-order valence-electron chi connectivity index (χ0n) is 25.9. The van der Waals surface area contributed by atoms with Crippen LogP contribution in [0.15, 0.2) is 41.5 Å². The number of benzene rings is 2. The second-order valence-electron chi connectivity index (χ2n) is 12.4. The van der Waals surface area contributed by atoms with Crippen molar-refractivity contribution in [3.05, 3.63) is 76.7 Å². The van der Waals surface area contributed by atoms with Crippen molar-refractivity contribution < 1.29 is 50.9 Å². The molecule has 2 aromatic carbocycles. The summed E-state index contributed by atoms with van der Waals surface area (Å²) in [6.07, 6.45) is 0.227. The summed E-state index contributed by atoms with van der Waals surface area (Å²) in [6, 6.07) is 3.25. The molecule has 2 unspecified atom stereocenters. The lowest BCUT2D eigenvalue weighted by Crippen LogP contribution is -2.52. The van der Waals surface area contributed by atoms with E-state index < -0.39 is 88.4 Å². The normalized spacial score (nSPS) is 23.1. The molecule has 2 saturated heterocycles. The van der Waals surface area contributed by atoms with Crippen LogP contribution in [0.1, 0.15) is 56.9 Å². The number of ether oxygens (including phenoxy) is 2. The van der Waals surface area contributed by atoms with Crippen molar-refractivity contribution in [1.29, 1.82) is 0 Å². The summed E-state index contributed by atoms with van der Waals surface area (Å²) in [4.78, 5) is 44.3. The van der Waals surface area contributed by atoms with Crippen LogP contribution in [0.25, 0.3) is 0 Å². The molecule has 3 amide bonds. The Morgan fingerprint density at radius 2 is 1.90 bits per heavy atom. The van der Waals surface area contributed by atoms with Gasteiger partial charge >= 0.3 is 6.09 Å². The Morgan fingerprint density at radius 3 is 2.62 bits per heavy atom. The molecule has 2 aliphatic rings. The zero-order valence-corrected chi connectivity index (χ0v) is 25.9. The van der Waals surface area contributed by atoms with Crippen LogP contribution in [-0.2, 0) is 25.6 Å². The Morgan fingerprint density at radius 1 is 1.15 bits per heavy atom. The lowest BCUT2D eigenvalue weighted by Gasteiger charge is -2.34. The van der Waals surface area contributed by atoms with Gasteiger partial charge in [-0.05, 0) is 51.5 Å². The monoisotopic (exact) mass is 678 g/mol. The van der Waals surface area contributed by atoms with Crippen molar-refractivity contribution >= 4 is 29.9 Å². The van der Waals surface area contributed by atoms with E-state index in [4.69, 9.17) is 9.47 Å². The van der Waals surface area contributed by atoms with Gasteiger partial charge in [0.1, 0.15) is 23.1 Å². The summed E-state index contributed by atoms with van der Waals surface area (Å²) in [7, 11) is 0. The predicted molar refractivity (Wildman–Crippen MR) is 157 cm³/mol. The van der Waals surface area contributed by atoms with E-state index in [-0.39, 0.29) is 37.4 Å². The smallest absolute Gasteiger partial charge is 0.433 e. The molecule has 0 bridgehead atoms. The van der Waals surface area contributed by atoms with Gasteiger partial charge in [0.25, 0.3) is 11.8 Å². The van der Waals surface area contributed by atoms with Crippen LogP contribution in [0.5, 0.6) is 0 Å². The van der Waals surface area contributed by atoms with Gasteiger partial charge in [-0.2, -0.15) is 14.9 Å². The predicted octanol–water partition coefficient (Wildman–Crippen LogP) is 4.08. The molecule has 3 heterocycles. The molecule has 1 aromatic heterocycles. The maximum Gasteiger partial charge on any atom is 0.433 e. The summed E-state index contributed by atoms with van der Waals surface area (Å²) in [5.74, 6) is -8.48. The summed E-state index contributed by atoms with van der Waals surface area (Å²) < 4.78 is 81.0. The number of aliphatic hydroxyl groups is 1. The number of halogens is 5. The quantitative estimate of drug-likeness (QED) is 0.165. The van der Waals surface area contributed by atoms with Crippen LogP contribution in [-0.4, -0.2) is 68.6 Å². The summed E-state index contributed by atoms with van der Waals surface area (Å²) in [5, 5.41) is 21.6. The molecular weight excluding hydrogens is 647 g/mol. The third-order valence-electron chi connectivity index (χ3n) is 7.71. The van der Waals surface area contributed by atoms with Gasteiger partial charge in [-0.3, -0.25) is 14.5 Å². The van der Waals surface area contributed by atoms with Gasteiger partial charge in [-0.1, -0.05) is 0 Å². The van der Waals surface area contributed by atoms with Crippen molar-refractivity contribution in [3.63, 3.8) is 0 Å². The number of hydrogen-bond acceptors (Lipinski definition) is 8. The Labute approximate surface area is 270 Å². The van der Waals surface area contributed by atoms with Crippen molar-refractivity contribution in [2.24, 2.45) is 10.9 Å². The zero-order chi connectivity index (χ0) is 35.0. The summed E-state index contributed by atoms with van der Waals surface area (Å²) in [6.45, 7) is 3.99. The van der Waals surface area contributed by atoms with Gasteiger partial charge in [0.15, 0.2) is 17.5 Å². The van der Waals surface area contributed by atoms with Crippen molar-refractivity contribution in [1.82, 2.24) is 20.3 Å². The highest BCUT2D eigenvalue weighted by Gasteiger charge is 2.52. The molecule has 0 spiro atoms. The first-order valence-electron chi connectivity index (χ1n) is 14.8. The largest absolute Gasteiger partial charge is 0.442 e. The molecule has 0 radical (unpaired) electrons. The maximum absolute atomic E-state index is 14.7. The molecule has 17 heteroatoms. The minimum Gasteiger partial charge on any atom is -0.442 e. The standard InChI is InChI=1S/C31H31F5N6O6/c1-30(2,3)48-29(45)38-13-17-9-20(15-47-26(17)21-10-18(32)4-5-22(21)34)42-39-14-24(40-42)41-7-6-31(46,28(41)44)27(43)37-12-16-8-19(33)11-23(35)25(16)36/h4-5,8,10-11,13-14,17,20,26,46H,6-7,9,12,15H2,1-3H3,(H,37,43)/b38-13+/t17?,20-,26+,31?/m1/s1. The number of hydrogen-bond donors (Lipinski definition) is 2. The topological polar surface area (TPSA) is 148 Å². The maximum atomic E-state index is 14.7. The second-order valence-corrected chi connectivity index (χ2v) is 12.4. The van der Waals surface area contributed by atoms with Crippen LogP contribution < -0.4 is 10.2 Å². The number of nitrogens with one attached hydrogen (secondary N) is 1. The molecule has 0 saturated carbocycles. The fourth-order valence-corrected chi connectivity index (χ4v) is 5.40. The molecule has 2 N–H and O–H groups in total. The number of nitrogens with zero attached hydrogens (tertiary/aromatic N) is 5. The Hall–Kier alpha value is -4.77. The molecule has 3 aromatic rings. The molecule has 12 nitrogen and oxygen atoms in total. The lowest BCUT2D eigenvalue weighted by molar-refractivity contribution is -0.149. The minimum atomic E-state index is -2.59. The van der Waals surface area contributed by atoms with E-state index in [1.54, 1.807) is 20.8 Å². The van der Waals surface area contributed by atoms with E-state index in [1.807, 2.05) is 0 Å². The number of rotatable bonds is 7. The highest BCUT2D eigenvalue weighted by atomic mass is 19.2. The molecule has 48 heavy (non-hydrogen) atoms. The van der Waals surface area contributed by atoms with Gasteiger partial charge in [0, 0.05) is 48.8 Å². The molecule has 2 aliphatic heterocycles. The first kappa shape index (κ1) is 34.6. The van der Waals surface area contributed by atoms with Gasteiger partial charge in [0.05, 0.1) is 24.9 Å². The number of amides is 3. The first-order chi connectivity index (χ1) is 22.6. The number of aliphatic imine (C=N–C) groups is 1. The van der Waals surface area contributed by atoms with E-state index in [0.717, 1.165) is 23.1 Å². The molecule has 0 aliphatic carbocycles. The number of aromatic nitrogens is 3. The number of carbonyl (C=O) groups excluding carboxylic acids is 3. The van der Waals surface area contributed by atoms with Gasteiger partial charge in [-0.25, -0.2) is 26.7 Å². The van der Waals surface area contributed by atoms with Crippen LogP contribution >= 0.6 is 0 Å². The Balaban J connectivity index is 1.30. The van der Waals surface area contributed by atoms with Crippen LogP contribution in [0, 0.1) is 35.0 Å². The van der Waals surface area contributed by atoms with E-state index >= 15 is 0 Å². The van der Waals surface area contributed by atoms with Crippen molar-refractivity contribution in [3.8, 4) is 0 Å². The average molecular weight is 679 g/mol. The van der Waals surface area contributed by atoms with Crippen molar-refractivity contribution in [2.75, 3.05) is 18.1 Å². The van der Waals surface area contributed by atoms with Gasteiger partial charge in [0.2, 0.25) is 5.60 Å². The van der Waals surface area contributed by atoms with Crippen LogP contribution in [0.3, 0.4) is 0 Å². The highest BCUT2D eigenvalue weighted by molar-refractivity contribution is 6.16. The highest BCUT2D eigenvalue weighted by Crippen LogP contribution is 2.38. The second kappa shape index (κ2) is 13.4. The third kappa shape index (κ3) is 7.36. The van der Waals surface area contributed by atoms with Gasteiger partial charge < -0.3 is 19.9 Å². The fourth-order valence-electron chi connectivity index (χ4n) is 5.40. The number of anilines is 1. The van der Waals surface area contributed by atoms with E-state index in [9.17, 15) is 41.4 Å². The Kier molecular flexibility index (Phi) is 9.64. The first-order valence-corrected chi connectivity index (χ1v) is 14.8. The molecule has 4 atom stereocenters. The van der Waals surface area contributed by atoms with Crippen molar-refractivity contribution in [2.45, 2.75) is 63.5 Å². The minimum absolute atomic E-state index is 0.0424. The summed E-state index contributed by atoms with van der Waals surface area (Å²) in [5.41, 5.74) is -4.04. The van der Waals surface area contributed by atoms with Crippen LogP contribution in [0.4, 0.5) is 32.6 Å².